The number of carbonyl (C=O) groups excluding carboxylic acids is 1. The Kier molecular flexibility index (Phi) is 12.9. The number of esters is 1. The van der Waals surface area contributed by atoms with Crippen molar-refractivity contribution in [3.05, 3.63) is 29.8 Å². The first-order chi connectivity index (χ1) is 13.6. The molecule has 0 amide bonds. The van der Waals surface area contributed by atoms with E-state index < -0.39 is 0 Å². The summed E-state index contributed by atoms with van der Waals surface area (Å²) >= 11 is 0. The van der Waals surface area contributed by atoms with Gasteiger partial charge < -0.3 is 14.2 Å². The van der Waals surface area contributed by atoms with Crippen LogP contribution in [0.4, 0.5) is 0 Å². The van der Waals surface area contributed by atoms with Crippen LogP contribution in [0.3, 0.4) is 0 Å². The number of unbranched alkanes of at least 4 members (excludes halogenated alkanes) is 6. The van der Waals surface area contributed by atoms with Crippen molar-refractivity contribution >= 4 is 12.0 Å². The molecule has 0 heterocycles. The fourth-order valence-electron chi connectivity index (χ4n) is 2.78. The van der Waals surface area contributed by atoms with Gasteiger partial charge in [-0.3, -0.25) is 0 Å². The predicted molar refractivity (Wildman–Crippen MR) is 116 cm³/mol. The molecule has 0 aliphatic heterocycles. The summed E-state index contributed by atoms with van der Waals surface area (Å²) in [5.74, 6) is 1.10. The number of para-hydroxylation sites is 1. The molecule has 4 heteroatoms. The van der Waals surface area contributed by atoms with Gasteiger partial charge in [0.25, 0.3) is 0 Å². The molecule has 1 aromatic carbocycles. The number of hydrogen-bond donors (Lipinski definition) is 0. The third-order valence-corrected chi connectivity index (χ3v) is 4.26. The van der Waals surface area contributed by atoms with Crippen molar-refractivity contribution in [3.63, 3.8) is 0 Å². The highest BCUT2D eigenvalue weighted by atomic mass is 16.5. The minimum absolute atomic E-state index is 0.135. The molecule has 0 aromatic heterocycles. The second-order valence-corrected chi connectivity index (χ2v) is 7.31. The molecule has 0 aliphatic rings. The molecule has 0 saturated carbocycles. The highest BCUT2D eigenvalue weighted by molar-refractivity contribution is 5.88. The number of carbonyl (C=O) groups is 1. The lowest BCUT2D eigenvalue weighted by Gasteiger charge is -2.15. The van der Waals surface area contributed by atoms with Gasteiger partial charge in [-0.1, -0.05) is 64.5 Å². The molecule has 0 unspecified atom stereocenters. The van der Waals surface area contributed by atoms with Gasteiger partial charge in [-0.15, -0.1) is 0 Å². The molecule has 4 nitrogen and oxygen atoms in total. The van der Waals surface area contributed by atoms with Crippen molar-refractivity contribution in [2.75, 3.05) is 13.2 Å². The molecule has 0 saturated heterocycles. The second kappa shape index (κ2) is 15.0. The smallest absolute Gasteiger partial charge is 0.331 e. The second-order valence-electron chi connectivity index (χ2n) is 7.31. The third-order valence-electron chi connectivity index (χ3n) is 4.26. The van der Waals surface area contributed by atoms with Gasteiger partial charge in [0.1, 0.15) is 0 Å². The molecule has 0 atom stereocenters. The van der Waals surface area contributed by atoms with Gasteiger partial charge in [-0.2, -0.15) is 0 Å². The first-order valence-corrected chi connectivity index (χ1v) is 10.9. The average molecular weight is 391 g/mol. The maximum atomic E-state index is 11.8. The fraction of sp³-hybridized carbons (Fsp3) is 0.625. The van der Waals surface area contributed by atoms with E-state index in [1.807, 2.05) is 32.0 Å². The molecular weight excluding hydrogens is 352 g/mol. The van der Waals surface area contributed by atoms with E-state index in [0.29, 0.717) is 19.0 Å². The summed E-state index contributed by atoms with van der Waals surface area (Å²) in [6.45, 7) is 9.39. The Bertz CT molecular complexity index is 578. The zero-order valence-electron chi connectivity index (χ0n) is 18.2. The van der Waals surface area contributed by atoms with Gasteiger partial charge in [-0.25, -0.2) is 4.79 Å². The zero-order valence-corrected chi connectivity index (χ0v) is 18.2. The Labute approximate surface area is 171 Å². The van der Waals surface area contributed by atoms with Crippen LogP contribution in [0.1, 0.15) is 84.6 Å². The summed E-state index contributed by atoms with van der Waals surface area (Å²) in [5, 5.41) is 0. The monoisotopic (exact) mass is 390 g/mol. The SMILES string of the molecule is CCCCCCOc1cccc(C=CC(=O)OC(C)C)c1OCCCCCC. The molecule has 1 rings (SSSR count). The normalized spacial score (nSPS) is 11.2. The van der Waals surface area contributed by atoms with E-state index in [-0.39, 0.29) is 12.1 Å². The lowest BCUT2D eigenvalue weighted by Crippen LogP contribution is -2.08. The largest absolute Gasteiger partial charge is 0.490 e. The van der Waals surface area contributed by atoms with E-state index in [4.69, 9.17) is 14.2 Å². The lowest BCUT2D eigenvalue weighted by molar-refractivity contribution is -0.141. The van der Waals surface area contributed by atoms with Crippen LogP contribution in [0.25, 0.3) is 6.08 Å². The minimum Gasteiger partial charge on any atom is -0.490 e. The average Bonchev–Trinajstić information content (AvgIpc) is 2.66. The Balaban J connectivity index is 2.81. The van der Waals surface area contributed by atoms with Crippen molar-refractivity contribution in [1.29, 1.82) is 0 Å². The van der Waals surface area contributed by atoms with E-state index in [9.17, 15) is 4.79 Å². The highest BCUT2D eigenvalue weighted by Crippen LogP contribution is 2.33. The molecule has 0 spiro atoms. The Morgan fingerprint density at radius 2 is 1.57 bits per heavy atom. The van der Waals surface area contributed by atoms with E-state index in [1.54, 1.807) is 6.08 Å². The van der Waals surface area contributed by atoms with Crippen LogP contribution in [-0.4, -0.2) is 25.3 Å². The first-order valence-electron chi connectivity index (χ1n) is 10.9. The molecule has 0 N–H and O–H groups in total. The van der Waals surface area contributed by atoms with E-state index in [2.05, 4.69) is 13.8 Å². The van der Waals surface area contributed by atoms with Crippen molar-refractivity contribution in [2.45, 2.75) is 85.2 Å². The molecule has 0 bridgehead atoms. The zero-order chi connectivity index (χ0) is 20.6. The fourth-order valence-corrected chi connectivity index (χ4v) is 2.78. The third kappa shape index (κ3) is 10.4. The maximum absolute atomic E-state index is 11.8. The van der Waals surface area contributed by atoms with Gasteiger partial charge in [0.15, 0.2) is 11.5 Å². The first kappa shape index (κ1) is 24.1. The van der Waals surface area contributed by atoms with Crippen LogP contribution in [0.15, 0.2) is 24.3 Å². The van der Waals surface area contributed by atoms with Crippen molar-refractivity contribution in [2.24, 2.45) is 0 Å². The van der Waals surface area contributed by atoms with E-state index in [1.165, 1.54) is 38.2 Å². The van der Waals surface area contributed by atoms with Crippen molar-refractivity contribution in [1.82, 2.24) is 0 Å². The van der Waals surface area contributed by atoms with Crippen molar-refractivity contribution in [3.8, 4) is 11.5 Å². The number of hydrogen-bond acceptors (Lipinski definition) is 4. The van der Waals surface area contributed by atoms with Crippen LogP contribution >= 0.6 is 0 Å². The van der Waals surface area contributed by atoms with Gasteiger partial charge in [0, 0.05) is 11.6 Å². The quantitative estimate of drug-likeness (QED) is 0.193. The molecular formula is C24H38O4. The summed E-state index contributed by atoms with van der Waals surface area (Å²) in [6.07, 6.45) is 12.3. The summed E-state index contributed by atoms with van der Waals surface area (Å²) < 4.78 is 17.2. The van der Waals surface area contributed by atoms with Gasteiger partial charge >= 0.3 is 5.97 Å². The molecule has 158 valence electrons. The van der Waals surface area contributed by atoms with Crippen LogP contribution in [0, 0.1) is 0 Å². The summed E-state index contributed by atoms with van der Waals surface area (Å²) in [5.41, 5.74) is 0.835. The van der Waals surface area contributed by atoms with Crippen LogP contribution in [0.5, 0.6) is 11.5 Å². The van der Waals surface area contributed by atoms with Crippen molar-refractivity contribution < 1.29 is 19.0 Å². The number of rotatable bonds is 15. The predicted octanol–water partition coefficient (Wildman–Crippen LogP) is 6.57. The minimum atomic E-state index is -0.352. The number of benzene rings is 1. The van der Waals surface area contributed by atoms with Crippen LogP contribution in [0.2, 0.25) is 0 Å². The Morgan fingerprint density at radius 3 is 2.18 bits per heavy atom. The van der Waals surface area contributed by atoms with Crippen LogP contribution in [-0.2, 0) is 9.53 Å². The Morgan fingerprint density at radius 1 is 0.929 bits per heavy atom. The standard InChI is InChI=1S/C24H38O4/c1-5-7-9-11-18-26-22-15-13-14-21(16-17-23(25)28-20(3)4)24(22)27-19-12-10-8-6-2/h13-17,20H,5-12,18-19H2,1-4H3. The maximum Gasteiger partial charge on any atom is 0.331 e. The number of ether oxygens (including phenoxy) is 3. The van der Waals surface area contributed by atoms with Crippen LogP contribution < -0.4 is 9.47 Å². The molecule has 28 heavy (non-hydrogen) atoms. The Hall–Kier alpha value is -1.97. The van der Waals surface area contributed by atoms with E-state index in [0.717, 1.165) is 30.6 Å². The molecule has 0 radical (unpaired) electrons. The van der Waals surface area contributed by atoms with E-state index >= 15 is 0 Å². The van der Waals surface area contributed by atoms with Gasteiger partial charge in [0.2, 0.25) is 0 Å². The van der Waals surface area contributed by atoms with Gasteiger partial charge in [-0.05, 0) is 38.8 Å². The highest BCUT2D eigenvalue weighted by Gasteiger charge is 2.11. The summed E-state index contributed by atoms with van der Waals surface area (Å²) in [7, 11) is 0. The molecule has 0 fully saturated rings. The molecule has 1 aromatic rings. The van der Waals surface area contributed by atoms with Gasteiger partial charge in [0.05, 0.1) is 19.3 Å². The molecule has 0 aliphatic carbocycles. The summed E-state index contributed by atoms with van der Waals surface area (Å²) in [6, 6.07) is 5.80. The topological polar surface area (TPSA) is 44.8 Å². The summed E-state index contributed by atoms with van der Waals surface area (Å²) in [4.78, 5) is 11.8. The lowest BCUT2D eigenvalue weighted by atomic mass is 10.1.